The lowest BCUT2D eigenvalue weighted by molar-refractivity contribution is 0.568. The Hall–Kier alpha value is -11.8. The van der Waals surface area contributed by atoms with Crippen molar-refractivity contribution in [2.45, 2.75) is 105 Å². The molecule has 1 aromatic heterocycles. The van der Waals surface area contributed by atoms with Crippen molar-refractivity contribution in [3.8, 4) is 27.9 Å². The van der Waals surface area contributed by atoms with Crippen LogP contribution >= 0.6 is 0 Å². The number of nitrogens with zero attached hydrogens (tertiary/aromatic N) is 3. The van der Waals surface area contributed by atoms with E-state index in [1.807, 2.05) is 0 Å². The molecular weight excluding hydrogens is 1380 g/mol. The molecular formula is C106H96BN3Si2. The predicted molar refractivity (Wildman–Crippen MR) is 488 cm³/mol. The first kappa shape index (κ1) is 71.8. The summed E-state index contributed by atoms with van der Waals surface area (Å²) >= 11 is 0. The van der Waals surface area contributed by atoms with E-state index < -0.39 is 16.1 Å². The van der Waals surface area contributed by atoms with Gasteiger partial charge in [0.15, 0.2) is 16.1 Å². The summed E-state index contributed by atoms with van der Waals surface area (Å²) in [6.45, 7) is 27.9. The van der Waals surface area contributed by atoms with Crippen LogP contribution < -0.4 is 67.7 Å². The van der Waals surface area contributed by atoms with Crippen LogP contribution in [-0.2, 0) is 21.7 Å². The van der Waals surface area contributed by atoms with Gasteiger partial charge in [-0.2, -0.15) is 0 Å². The molecule has 0 amide bonds. The Morgan fingerprint density at radius 3 is 0.893 bits per heavy atom. The summed E-state index contributed by atoms with van der Waals surface area (Å²) in [6.07, 6.45) is 0. The molecule has 3 heterocycles. The third-order valence-electron chi connectivity index (χ3n) is 24.2. The van der Waals surface area contributed by atoms with Crippen molar-refractivity contribution >= 4 is 137 Å². The highest BCUT2D eigenvalue weighted by molar-refractivity contribution is 7.20. The van der Waals surface area contributed by atoms with Gasteiger partial charge in [0.25, 0.3) is 6.71 Å². The standard InChI is InChI=1S/C106H96BN3Si2/c1-103(2,3)77-63-75(64-78(68-77)104(4,5)6)73-51-54-81(55-52-73)108-98-61-53-74(76-65-79(105(7,8)9)69-80(66-76)106(10,11)12)67-94(98)107-95-72-91(112(87-41-25-16-26-42-87,88-43-27-17-28-44-88)89-45-29-18-30-46-89)60-62-99(95)109(101-71-83(70-100(108)102(101)107)110-96-49-33-31-47-92(96)93-48-32-34-50-97(93)110)82-56-58-90(59-57-82)111(84-35-19-13-20-36-84,85-37-21-14-22-38-85)86-39-23-15-24-40-86/h13-72H,1-12H3. The topological polar surface area (TPSA) is 11.4 Å². The minimum absolute atomic E-state index is 0.0475. The van der Waals surface area contributed by atoms with Crippen LogP contribution in [-0.4, -0.2) is 27.4 Å². The van der Waals surface area contributed by atoms with Crippen molar-refractivity contribution in [3.05, 3.63) is 386 Å². The number of hydrogen-bond donors (Lipinski definition) is 0. The van der Waals surface area contributed by atoms with E-state index in [1.54, 1.807) is 0 Å². The van der Waals surface area contributed by atoms with Crippen LogP contribution in [0.4, 0.5) is 34.1 Å². The highest BCUT2D eigenvalue weighted by Gasteiger charge is 2.48. The summed E-state index contributed by atoms with van der Waals surface area (Å²) in [4.78, 5) is 5.30. The van der Waals surface area contributed by atoms with Gasteiger partial charge in [-0.25, -0.2) is 0 Å². The third kappa shape index (κ3) is 12.2. The fourth-order valence-electron chi connectivity index (χ4n) is 18.4. The first-order valence-electron chi connectivity index (χ1n) is 40.0. The zero-order chi connectivity index (χ0) is 77.1. The van der Waals surface area contributed by atoms with Gasteiger partial charge >= 0.3 is 0 Å². The molecule has 0 saturated heterocycles. The molecule has 2 aliphatic heterocycles. The Bertz CT molecular complexity index is 5900. The maximum Gasteiger partial charge on any atom is 0.252 e. The largest absolute Gasteiger partial charge is 0.311 e. The van der Waals surface area contributed by atoms with E-state index in [1.165, 1.54) is 113 Å². The molecule has 0 unspecified atom stereocenters. The second kappa shape index (κ2) is 27.6. The third-order valence-corrected chi connectivity index (χ3v) is 33.8. The SMILES string of the molecule is CC(C)(C)c1cc(-c2ccc(N3c4ccc(-c5cc(C(C)(C)C)cc(C(C)(C)C)c5)cc4B4c5cc([Si](c6ccccc6)(c6ccccc6)c6ccccc6)ccc5N(c5ccc([Si](c6ccccc6)(c6ccccc6)c6ccccc6)cc5)c5cc(-n6c7ccccc7c7ccccc76)cc3c54)cc2)cc(C(C)(C)C)c1. The van der Waals surface area contributed by atoms with E-state index in [0.717, 1.165) is 50.8 Å². The van der Waals surface area contributed by atoms with Gasteiger partial charge in [-0.1, -0.05) is 386 Å². The van der Waals surface area contributed by atoms with E-state index >= 15 is 0 Å². The number of hydrogen-bond acceptors (Lipinski definition) is 2. The quantitative estimate of drug-likeness (QED) is 0.0842. The van der Waals surface area contributed by atoms with Gasteiger partial charge < -0.3 is 14.4 Å². The van der Waals surface area contributed by atoms with Crippen molar-refractivity contribution in [2.24, 2.45) is 0 Å². The van der Waals surface area contributed by atoms with Gasteiger partial charge in [-0.15, -0.1) is 0 Å². The van der Waals surface area contributed by atoms with Gasteiger partial charge in [0.2, 0.25) is 0 Å². The maximum atomic E-state index is 2.70. The normalized spacial score (nSPS) is 13.1. The second-order valence-electron chi connectivity index (χ2n) is 35.3. The molecule has 2 aliphatic rings. The van der Waals surface area contributed by atoms with Crippen LogP contribution in [0.15, 0.2) is 364 Å². The monoisotopic (exact) mass is 1480 g/mol. The smallest absolute Gasteiger partial charge is 0.252 e. The Balaban J connectivity index is 0.976. The van der Waals surface area contributed by atoms with Crippen LogP contribution in [0.25, 0.3) is 49.7 Å². The molecule has 15 aromatic carbocycles. The maximum absolute atomic E-state index is 3.17. The lowest BCUT2D eigenvalue weighted by atomic mass is 9.33. The highest BCUT2D eigenvalue weighted by atomic mass is 28.3. The highest BCUT2D eigenvalue weighted by Crippen LogP contribution is 2.48. The summed E-state index contributed by atoms with van der Waals surface area (Å²) in [5, 5.41) is 13.1. The van der Waals surface area contributed by atoms with E-state index in [0.29, 0.717) is 0 Å². The van der Waals surface area contributed by atoms with E-state index in [-0.39, 0.29) is 28.4 Å². The zero-order valence-corrected chi connectivity index (χ0v) is 68.6. The van der Waals surface area contributed by atoms with Crippen molar-refractivity contribution < 1.29 is 0 Å². The molecule has 112 heavy (non-hydrogen) atoms. The number of anilines is 6. The van der Waals surface area contributed by atoms with Gasteiger partial charge in [0.05, 0.1) is 16.7 Å². The molecule has 0 radical (unpaired) electrons. The summed E-state index contributed by atoms with van der Waals surface area (Å²) < 4.78 is 2.54. The average molecular weight is 1480 g/mol. The number of rotatable bonds is 13. The lowest BCUT2D eigenvalue weighted by Gasteiger charge is -2.45. The summed E-state index contributed by atoms with van der Waals surface area (Å²) in [5.74, 6) is 0. The zero-order valence-electron chi connectivity index (χ0n) is 66.6. The van der Waals surface area contributed by atoms with E-state index in [9.17, 15) is 0 Å². The lowest BCUT2D eigenvalue weighted by Crippen LogP contribution is -2.75. The van der Waals surface area contributed by atoms with Crippen LogP contribution in [0.2, 0.25) is 0 Å². The Kier molecular flexibility index (Phi) is 17.7. The molecule has 0 saturated carbocycles. The molecule has 0 aliphatic carbocycles. The molecule has 3 nitrogen and oxygen atoms in total. The Morgan fingerprint density at radius 2 is 0.518 bits per heavy atom. The summed E-state index contributed by atoms with van der Waals surface area (Å²) in [6, 6.07) is 141. The number of fused-ring (bicyclic) bond motifs is 7. The van der Waals surface area contributed by atoms with Gasteiger partial charge in [-0.05, 0) is 185 Å². The Labute approximate surface area is 665 Å². The molecule has 0 fully saturated rings. The van der Waals surface area contributed by atoms with E-state index in [2.05, 4.69) is 461 Å². The molecule has 0 spiro atoms. The van der Waals surface area contributed by atoms with Crippen LogP contribution in [0.5, 0.6) is 0 Å². The first-order valence-corrected chi connectivity index (χ1v) is 44.0. The van der Waals surface area contributed by atoms with Crippen LogP contribution in [0.3, 0.4) is 0 Å². The van der Waals surface area contributed by atoms with Gasteiger partial charge in [-0.3, -0.25) is 0 Å². The molecule has 0 atom stereocenters. The Morgan fingerprint density at radius 1 is 0.223 bits per heavy atom. The second-order valence-corrected chi connectivity index (χ2v) is 42.9. The molecule has 6 heteroatoms. The molecule has 0 bridgehead atoms. The van der Waals surface area contributed by atoms with Crippen molar-refractivity contribution in [1.82, 2.24) is 4.57 Å². The average Bonchev–Trinajstić information content (AvgIpc) is 0.867. The van der Waals surface area contributed by atoms with E-state index in [4.69, 9.17) is 0 Å². The minimum Gasteiger partial charge on any atom is -0.311 e. The minimum atomic E-state index is -3.17. The van der Waals surface area contributed by atoms with Crippen molar-refractivity contribution in [1.29, 1.82) is 0 Å². The number of para-hydroxylation sites is 2. The van der Waals surface area contributed by atoms with Crippen molar-refractivity contribution in [3.63, 3.8) is 0 Å². The fourth-order valence-corrected chi connectivity index (χ4v) is 27.9. The summed E-state index contributed by atoms with van der Waals surface area (Å²) in [7, 11) is -6.15. The first-order chi connectivity index (χ1) is 54.1. The number of benzene rings is 15. The molecule has 546 valence electrons. The summed E-state index contributed by atoms with van der Waals surface area (Å²) in [5.41, 5.74) is 23.9. The van der Waals surface area contributed by atoms with Gasteiger partial charge in [0, 0.05) is 44.9 Å². The van der Waals surface area contributed by atoms with Crippen LogP contribution in [0.1, 0.15) is 105 Å². The van der Waals surface area contributed by atoms with Crippen LogP contribution in [0, 0.1) is 0 Å². The van der Waals surface area contributed by atoms with Gasteiger partial charge in [0.1, 0.15) is 0 Å². The van der Waals surface area contributed by atoms with Crippen molar-refractivity contribution in [2.75, 3.05) is 9.80 Å². The fraction of sp³-hybridized carbons (Fsp3) is 0.151. The molecule has 18 rings (SSSR count). The number of aromatic nitrogens is 1. The predicted octanol–water partition coefficient (Wildman–Crippen LogP) is 20.1. The molecule has 16 aromatic rings. The molecule has 0 N–H and O–H groups in total.